The summed E-state index contributed by atoms with van der Waals surface area (Å²) < 4.78 is 36.1. The lowest BCUT2D eigenvalue weighted by Crippen LogP contribution is -2.17. The lowest BCUT2D eigenvalue weighted by molar-refractivity contribution is -0.115. The number of thioether (sulfide) groups is 1. The fourth-order valence-corrected chi connectivity index (χ4v) is 4.28. The number of ether oxygens (including phenoxy) is 1. The predicted molar refractivity (Wildman–Crippen MR) is 108 cm³/mol. The number of hydrogen-bond acceptors (Lipinski definition) is 7. The summed E-state index contributed by atoms with van der Waals surface area (Å²) in [6.07, 6.45) is 1.65. The third kappa shape index (κ3) is 4.68. The summed E-state index contributed by atoms with van der Waals surface area (Å²) in [6, 6.07) is 12.6. The molecule has 9 heteroatoms. The molecule has 1 N–H and O–H groups in total. The smallest absolute Gasteiger partial charge is 0.339 e. The molecule has 27 heavy (non-hydrogen) atoms. The van der Waals surface area contributed by atoms with Gasteiger partial charge in [0, 0.05) is 0 Å². The molecule has 0 saturated carbocycles. The molecule has 3 rings (SSSR count). The Hall–Kier alpha value is -2.36. The van der Waals surface area contributed by atoms with Crippen molar-refractivity contribution in [1.82, 2.24) is 5.32 Å². The molecule has 0 aromatic heterocycles. The molecule has 1 fully saturated rings. The van der Waals surface area contributed by atoms with Crippen LogP contribution in [0.1, 0.15) is 12.5 Å². The van der Waals surface area contributed by atoms with Crippen molar-refractivity contribution in [2.45, 2.75) is 11.8 Å². The minimum absolute atomic E-state index is 0.0474. The van der Waals surface area contributed by atoms with Gasteiger partial charge in [-0.25, -0.2) is 0 Å². The van der Waals surface area contributed by atoms with Crippen LogP contribution >= 0.6 is 24.0 Å². The summed E-state index contributed by atoms with van der Waals surface area (Å²) in [5.74, 6) is 0.0641. The molecule has 1 aliphatic rings. The third-order valence-electron chi connectivity index (χ3n) is 3.44. The van der Waals surface area contributed by atoms with Gasteiger partial charge in [-0.3, -0.25) is 4.79 Å². The Labute approximate surface area is 166 Å². The normalized spacial score (nSPS) is 15.7. The molecule has 1 saturated heterocycles. The standard InChI is InChI=1S/C18H15NO5S3/c1-2-23-15-10-12(11-16-17(20)19-18(25)26-16)8-9-14(15)24-27(21,22)13-6-4-3-5-7-13/h3-11H,2H2,1H3,(H,19,20,25)/b16-11-. The van der Waals surface area contributed by atoms with E-state index in [1.54, 1.807) is 43.3 Å². The number of benzene rings is 2. The second-order valence-electron chi connectivity index (χ2n) is 5.34. The van der Waals surface area contributed by atoms with Crippen molar-refractivity contribution in [1.29, 1.82) is 0 Å². The Bertz CT molecular complexity index is 1020. The number of amides is 1. The second-order valence-corrected chi connectivity index (χ2v) is 8.61. The zero-order chi connectivity index (χ0) is 19.4. The van der Waals surface area contributed by atoms with Crippen LogP contribution in [0, 0.1) is 0 Å². The van der Waals surface area contributed by atoms with E-state index in [1.165, 1.54) is 18.2 Å². The predicted octanol–water partition coefficient (Wildman–Crippen LogP) is 3.34. The molecule has 0 aliphatic carbocycles. The molecule has 0 spiro atoms. The SMILES string of the molecule is CCOc1cc(/C=C2\SC(=S)NC2=O)ccc1OS(=O)(=O)c1ccccc1. The van der Waals surface area contributed by atoms with E-state index >= 15 is 0 Å². The molecule has 0 radical (unpaired) electrons. The van der Waals surface area contributed by atoms with Gasteiger partial charge in [0.05, 0.1) is 11.5 Å². The van der Waals surface area contributed by atoms with Gasteiger partial charge in [-0.1, -0.05) is 48.2 Å². The fraction of sp³-hybridized carbons (Fsp3) is 0.111. The highest BCUT2D eigenvalue weighted by atomic mass is 32.2. The number of hydrogen-bond donors (Lipinski definition) is 1. The number of rotatable bonds is 6. The molecule has 0 atom stereocenters. The van der Waals surface area contributed by atoms with E-state index in [0.717, 1.165) is 11.8 Å². The van der Waals surface area contributed by atoms with Crippen LogP contribution in [0.4, 0.5) is 0 Å². The fourth-order valence-electron chi connectivity index (χ4n) is 2.28. The van der Waals surface area contributed by atoms with E-state index < -0.39 is 10.1 Å². The Kier molecular flexibility index (Phi) is 5.83. The first-order chi connectivity index (χ1) is 12.9. The van der Waals surface area contributed by atoms with Crippen molar-refractivity contribution in [3.63, 3.8) is 0 Å². The Morgan fingerprint density at radius 1 is 1.15 bits per heavy atom. The van der Waals surface area contributed by atoms with Gasteiger partial charge in [-0.2, -0.15) is 8.42 Å². The molecular formula is C18H15NO5S3. The number of carbonyl (C=O) groups is 1. The zero-order valence-electron chi connectivity index (χ0n) is 14.2. The van der Waals surface area contributed by atoms with Crippen LogP contribution in [0.2, 0.25) is 0 Å². The lowest BCUT2D eigenvalue weighted by atomic mass is 10.2. The van der Waals surface area contributed by atoms with Gasteiger partial charge >= 0.3 is 10.1 Å². The van der Waals surface area contributed by atoms with E-state index in [9.17, 15) is 13.2 Å². The number of nitrogens with one attached hydrogen (secondary N) is 1. The Morgan fingerprint density at radius 2 is 1.89 bits per heavy atom. The first-order valence-corrected chi connectivity index (χ1v) is 10.5. The summed E-state index contributed by atoms with van der Waals surface area (Å²) in [7, 11) is -3.99. The maximum absolute atomic E-state index is 12.4. The third-order valence-corrected chi connectivity index (χ3v) is 5.85. The summed E-state index contributed by atoms with van der Waals surface area (Å²) in [5, 5.41) is 2.54. The van der Waals surface area contributed by atoms with Crippen LogP contribution in [-0.4, -0.2) is 25.3 Å². The molecule has 6 nitrogen and oxygen atoms in total. The first kappa shape index (κ1) is 19.4. The van der Waals surface area contributed by atoms with Crippen molar-refractivity contribution in [2.24, 2.45) is 0 Å². The van der Waals surface area contributed by atoms with E-state index in [4.69, 9.17) is 21.1 Å². The minimum atomic E-state index is -3.99. The van der Waals surface area contributed by atoms with Crippen LogP contribution in [-0.2, 0) is 14.9 Å². The lowest BCUT2D eigenvalue weighted by Gasteiger charge is -2.12. The molecule has 0 unspecified atom stereocenters. The topological polar surface area (TPSA) is 81.7 Å². The van der Waals surface area contributed by atoms with Crippen LogP contribution in [0.5, 0.6) is 11.5 Å². The van der Waals surface area contributed by atoms with Crippen molar-refractivity contribution in [3.8, 4) is 11.5 Å². The molecule has 140 valence electrons. The molecule has 1 heterocycles. The zero-order valence-corrected chi connectivity index (χ0v) is 16.6. The van der Waals surface area contributed by atoms with Crippen molar-refractivity contribution in [2.75, 3.05) is 6.61 Å². The molecule has 1 aliphatic heterocycles. The van der Waals surface area contributed by atoms with Crippen molar-refractivity contribution in [3.05, 3.63) is 59.0 Å². The van der Waals surface area contributed by atoms with Crippen LogP contribution in [0.15, 0.2) is 58.3 Å². The highest BCUT2D eigenvalue weighted by Gasteiger charge is 2.23. The van der Waals surface area contributed by atoms with E-state index in [1.807, 2.05) is 0 Å². The average Bonchev–Trinajstić information content (AvgIpc) is 2.95. The molecule has 2 aromatic carbocycles. The number of carbonyl (C=O) groups excluding carboxylic acids is 1. The highest BCUT2D eigenvalue weighted by molar-refractivity contribution is 8.26. The van der Waals surface area contributed by atoms with Crippen molar-refractivity contribution >= 4 is 50.4 Å². The molecule has 0 bridgehead atoms. The van der Waals surface area contributed by atoms with Gasteiger partial charge in [-0.15, -0.1) is 0 Å². The van der Waals surface area contributed by atoms with E-state index in [2.05, 4.69) is 5.32 Å². The molecule has 1 amide bonds. The minimum Gasteiger partial charge on any atom is -0.490 e. The van der Waals surface area contributed by atoms with Gasteiger partial charge in [0.15, 0.2) is 11.5 Å². The van der Waals surface area contributed by atoms with E-state index in [-0.39, 0.29) is 22.3 Å². The largest absolute Gasteiger partial charge is 0.490 e. The van der Waals surface area contributed by atoms with E-state index in [0.29, 0.717) is 21.4 Å². The van der Waals surface area contributed by atoms with Crippen molar-refractivity contribution < 1.29 is 22.1 Å². The highest BCUT2D eigenvalue weighted by Crippen LogP contribution is 2.33. The van der Waals surface area contributed by atoms with Crippen LogP contribution in [0.25, 0.3) is 6.08 Å². The van der Waals surface area contributed by atoms with Gasteiger partial charge in [0.2, 0.25) is 0 Å². The Balaban J connectivity index is 1.92. The monoisotopic (exact) mass is 421 g/mol. The summed E-state index contributed by atoms with van der Waals surface area (Å²) in [5.41, 5.74) is 0.658. The van der Waals surface area contributed by atoms with Crippen LogP contribution < -0.4 is 14.2 Å². The van der Waals surface area contributed by atoms with Gasteiger partial charge in [0.1, 0.15) is 9.22 Å². The first-order valence-electron chi connectivity index (χ1n) is 7.90. The van der Waals surface area contributed by atoms with Gasteiger partial charge < -0.3 is 14.2 Å². The van der Waals surface area contributed by atoms with Crippen LogP contribution in [0.3, 0.4) is 0 Å². The van der Waals surface area contributed by atoms with Gasteiger partial charge in [0.25, 0.3) is 5.91 Å². The maximum Gasteiger partial charge on any atom is 0.339 e. The Morgan fingerprint density at radius 3 is 2.52 bits per heavy atom. The average molecular weight is 422 g/mol. The maximum atomic E-state index is 12.4. The quantitative estimate of drug-likeness (QED) is 0.435. The summed E-state index contributed by atoms with van der Waals surface area (Å²) >= 11 is 6.13. The second kappa shape index (κ2) is 8.12. The summed E-state index contributed by atoms with van der Waals surface area (Å²) in [4.78, 5) is 12.3. The molecular weight excluding hydrogens is 406 g/mol. The summed E-state index contributed by atoms with van der Waals surface area (Å²) in [6.45, 7) is 2.10. The number of thiocarbonyl (C=S) groups is 1. The van der Waals surface area contributed by atoms with Gasteiger partial charge in [-0.05, 0) is 42.8 Å². The molecule has 2 aromatic rings.